The highest BCUT2D eigenvalue weighted by molar-refractivity contribution is 5.60. The van der Waals surface area contributed by atoms with Crippen LogP contribution in [0.4, 0.5) is 0 Å². The van der Waals surface area contributed by atoms with E-state index in [4.69, 9.17) is 19.4 Å². The lowest BCUT2D eigenvalue weighted by molar-refractivity contribution is 0.0415. The molecule has 2 aromatic rings. The first-order valence-corrected chi connectivity index (χ1v) is 13.3. The minimum Gasteiger partial charge on any atom is -0.460 e. The molecule has 3 heterocycles. The standard InChI is InChI=1S/C29H45N5O2/c1-18-11-12-22(19(2)13-18)23-30-24(35-20-14-26(3,4)33-27(5,6)15-20)32-25(31-23)36-21-16-28(7,8)34-29(9,10)17-21/h11-13,20-21,33-34H,14-17H2,1-10H3. The monoisotopic (exact) mass is 495 g/mol. The maximum atomic E-state index is 6.47. The molecule has 2 saturated heterocycles. The Bertz CT molecular complexity index is 1020. The van der Waals surface area contributed by atoms with Gasteiger partial charge < -0.3 is 20.1 Å². The van der Waals surface area contributed by atoms with Crippen LogP contribution in [0.1, 0.15) is 92.2 Å². The van der Waals surface area contributed by atoms with Gasteiger partial charge in [0, 0.05) is 53.4 Å². The summed E-state index contributed by atoms with van der Waals surface area (Å²) < 4.78 is 12.9. The van der Waals surface area contributed by atoms with Crippen molar-refractivity contribution in [3.63, 3.8) is 0 Å². The zero-order chi connectivity index (χ0) is 26.5. The lowest BCUT2D eigenvalue weighted by Gasteiger charge is -2.46. The molecule has 0 bridgehead atoms. The summed E-state index contributed by atoms with van der Waals surface area (Å²) in [7, 11) is 0. The van der Waals surface area contributed by atoms with Gasteiger partial charge in [-0.25, -0.2) is 0 Å². The number of rotatable bonds is 5. The van der Waals surface area contributed by atoms with Gasteiger partial charge in [0.25, 0.3) is 0 Å². The third kappa shape index (κ3) is 6.74. The molecule has 0 saturated carbocycles. The van der Waals surface area contributed by atoms with Crippen LogP contribution in [0.3, 0.4) is 0 Å². The van der Waals surface area contributed by atoms with Crippen molar-refractivity contribution in [1.29, 1.82) is 0 Å². The van der Waals surface area contributed by atoms with Crippen LogP contribution in [0.5, 0.6) is 12.0 Å². The fourth-order valence-corrected chi connectivity index (χ4v) is 6.55. The van der Waals surface area contributed by atoms with Crippen LogP contribution in [0.15, 0.2) is 18.2 Å². The van der Waals surface area contributed by atoms with Crippen LogP contribution in [0.25, 0.3) is 11.4 Å². The van der Waals surface area contributed by atoms with Crippen LogP contribution in [0.2, 0.25) is 0 Å². The van der Waals surface area contributed by atoms with Crippen LogP contribution >= 0.6 is 0 Å². The van der Waals surface area contributed by atoms with Crippen molar-refractivity contribution in [2.24, 2.45) is 0 Å². The number of benzene rings is 1. The smallest absolute Gasteiger partial charge is 0.323 e. The van der Waals surface area contributed by atoms with Crippen LogP contribution in [-0.4, -0.2) is 49.3 Å². The number of ether oxygens (including phenoxy) is 2. The van der Waals surface area contributed by atoms with Gasteiger partial charge in [0.15, 0.2) is 5.82 Å². The molecule has 0 spiro atoms. The second-order valence-electron chi connectivity index (χ2n) is 13.6. The van der Waals surface area contributed by atoms with E-state index in [1.807, 2.05) is 0 Å². The number of aromatic nitrogens is 3. The average Bonchev–Trinajstić information content (AvgIpc) is 2.62. The Balaban J connectivity index is 1.68. The maximum absolute atomic E-state index is 6.47. The van der Waals surface area contributed by atoms with E-state index < -0.39 is 0 Å². The van der Waals surface area contributed by atoms with E-state index in [0.717, 1.165) is 36.8 Å². The van der Waals surface area contributed by atoms with Gasteiger partial charge in [0.05, 0.1) is 0 Å². The lowest BCUT2D eigenvalue weighted by atomic mass is 9.81. The Morgan fingerprint density at radius 3 is 1.47 bits per heavy atom. The molecule has 36 heavy (non-hydrogen) atoms. The maximum Gasteiger partial charge on any atom is 0.323 e. The van der Waals surface area contributed by atoms with Gasteiger partial charge in [-0.3, -0.25) is 0 Å². The van der Waals surface area contributed by atoms with Crippen molar-refractivity contribution in [2.75, 3.05) is 0 Å². The van der Waals surface area contributed by atoms with Crippen molar-refractivity contribution < 1.29 is 9.47 Å². The number of nitrogens with one attached hydrogen (secondary N) is 2. The first kappa shape index (κ1) is 26.8. The SMILES string of the molecule is Cc1ccc(-c2nc(OC3CC(C)(C)NC(C)(C)C3)nc(OC3CC(C)(C)NC(C)(C)C3)n2)c(C)c1. The molecule has 2 aliphatic rings. The van der Waals surface area contributed by atoms with Crippen molar-refractivity contribution in [1.82, 2.24) is 25.6 Å². The molecule has 0 radical (unpaired) electrons. The van der Waals surface area contributed by atoms with Crippen LogP contribution < -0.4 is 20.1 Å². The largest absolute Gasteiger partial charge is 0.460 e. The first-order chi connectivity index (χ1) is 16.5. The summed E-state index contributed by atoms with van der Waals surface area (Å²) in [4.78, 5) is 14.2. The molecule has 7 nitrogen and oxygen atoms in total. The Hall–Kier alpha value is -2.25. The van der Waals surface area contributed by atoms with E-state index in [-0.39, 0.29) is 34.4 Å². The molecule has 1 aromatic heterocycles. The lowest BCUT2D eigenvalue weighted by Crippen LogP contribution is -2.60. The normalized spacial score (nSPS) is 23.3. The van der Waals surface area contributed by atoms with E-state index >= 15 is 0 Å². The molecule has 0 unspecified atom stereocenters. The zero-order valence-corrected chi connectivity index (χ0v) is 23.9. The molecule has 2 fully saturated rings. The van der Waals surface area contributed by atoms with Crippen LogP contribution in [0, 0.1) is 13.8 Å². The number of aryl methyl sites for hydroxylation is 2. The molecule has 2 N–H and O–H groups in total. The predicted octanol–water partition coefficient (Wildman–Crippen LogP) is 5.53. The molecular formula is C29H45N5O2. The molecule has 7 heteroatoms. The number of piperidine rings is 2. The van der Waals surface area contributed by atoms with Crippen molar-refractivity contribution in [3.8, 4) is 23.4 Å². The molecular weight excluding hydrogens is 450 g/mol. The van der Waals surface area contributed by atoms with Gasteiger partial charge in [-0.2, -0.15) is 9.97 Å². The molecule has 198 valence electrons. The van der Waals surface area contributed by atoms with E-state index in [9.17, 15) is 0 Å². The fourth-order valence-electron chi connectivity index (χ4n) is 6.55. The number of nitrogens with zero attached hydrogens (tertiary/aromatic N) is 3. The van der Waals surface area contributed by atoms with Gasteiger partial charge in [0.1, 0.15) is 12.2 Å². The van der Waals surface area contributed by atoms with Gasteiger partial charge >= 0.3 is 12.0 Å². The topological polar surface area (TPSA) is 81.2 Å². The molecule has 0 atom stereocenters. The van der Waals surface area contributed by atoms with E-state index in [0.29, 0.717) is 17.8 Å². The van der Waals surface area contributed by atoms with E-state index in [1.165, 1.54) is 5.56 Å². The summed E-state index contributed by atoms with van der Waals surface area (Å²) in [5, 5.41) is 7.43. The summed E-state index contributed by atoms with van der Waals surface area (Å²) in [6.45, 7) is 21.9. The van der Waals surface area contributed by atoms with Crippen LogP contribution in [-0.2, 0) is 0 Å². The molecule has 0 amide bonds. The van der Waals surface area contributed by atoms with E-state index in [1.54, 1.807) is 0 Å². The number of hydrogen-bond donors (Lipinski definition) is 2. The van der Waals surface area contributed by atoms with Crippen molar-refractivity contribution in [3.05, 3.63) is 29.3 Å². The summed E-state index contributed by atoms with van der Waals surface area (Å²) in [6, 6.07) is 6.97. The summed E-state index contributed by atoms with van der Waals surface area (Å²) in [5.74, 6) is 0.590. The van der Waals surface area contributed by atoms with Gasteiger partial charge in [-0.1, -0.05) is 23.8 Å². The Labute approximate surface area is 217 Å². The van der Waals surface area contributed by atoms with E-state index in [2.05, 4.69) is 103 Å². The number of hydrogen-bond acceptors (Lipinski definition) is 7. The highest BCUT2D eigenvalue weighted by Crippen LogP contribution is 2.34. The summed E-state index contributed by atoms with van der Waals surface area (Å²) >= 11 is 0. The predicted molar refractivity (Wildman–Crippen MR) is 145 cm³/mol. The first-order valence-electron chi connectivity index (χ1n) is 13.3. The highest BCUT2D eigenvalue weighted by Gasteiger charge is 2.40. The highest BCUT2D eigenvalue weighted by atomic mass is 16.5. The third-order valence-corrected chi connectivity index (χ3v) is 7.07. The summed E-state index contributed by atoms with van der Waals surface area (Å²) in [6.07, 6.45) is 3.47. The quantitative estimate of drug-likeness (QED) is 0.564. The third-order valence-electron chi connectivity index (χ3n) is 7.07. The van der Waals surface area contributed by atoms with Crippen molar-refractivity contribution in [2.45, 2.75) is 129 Å². The summed E-state index contributed by atoms with van der Waals surface area (Å²) in [5.41, 5.74) is 3.13. The molecule has 1 aromatic carbocycles. The Morgan fingerprint density at radius 1 is 0.667 bits per heavy atom. The molecule has 4 rings (SSSR count). The minimum absolute atomic E-state index is 0.00443. The molecule has 0 aliphatic carbocycles. The second-order valence-corrected chi connectivity index (χ2v) is 13.6. The average molecular weight is 496 g/mol. The van der Waals surface area contributed by atoms with Gasteiger partial charge in [-0.05, 0) is 74.8 Å². The van der Waals surface area contributed by atoms with Gasteiger partial charge in [-0.15, -0.1) is 4.98 Å². The minimum atomic E-state index is -0.0403. The zero-order valence-electron chi connectivity index (χ0n) is 23.9. The fraction of sp³-hybridized carbons (Fsp3) is 0.690. The molecule has 2 aliphatic heterocycles. The van der Waals surface area contributed by atoms with Gasteiger partial charge in [0.2, 0.25) is 0 Å². The Morgan fingerprint density at radius 2 is 1.08 bits per heavy atom. The second kappa shape index (κ2) is 9.25. The Kier molecular flexibility index (Phi) is 6.88. The van der Waals surface area contributed by atoms with Crippen molar-refractivity contribution >= 4 is 0 Å².